The zero-order chi connectivity index (χ0) is 11.4. The highest BCUT2D eigenvalue weighted by molar-refractivity contribution is 4.88. The fourth-order valence-electron chi connectivity index (χ4n) is 2.15. The molecule has 0 bridgehead atoms. The second-order valence-electron chi connectivity index (χ2n) is 5.72. The standard InChI is InChI=1S/C13H27N3/c1-15(2)9-7-14-8-10-16(13-5-6-13)11-12-3-4-12/h12-14H,3-11H2,1-2H3. The summed E-state index contributed by atoms with van der Waals surface area (Å²) in [6.45, 7) is 6.06. The van der Waals surface area contributed by atoms with Gasteiger partial charge in [-0.05, 0) is 45.7 Å². The molecule has 2 fully saturated rings. The number of hydrogen-bond donors (Lipinski definition) is 1. The maximum absolute atomic E-state index is 3.54. The minimum atomic E-state index is 0.941. The second kappa shape index (κ2) is 5.99. The van der Waals surface area contributed by atoms with Crippen molar-refractivity contribution < 1.29 is 0 Å². The molecule has 3 heteroatoms. The predicted octanol–water partition coefficient (Wildman–Crippen LogP) is 1.01. The molecule has 0 aromatic carbocycles. The summed E-state index contributed by atoms with van der Waals surface area (Å²) in [5.74, 6) is 1.04. The van der Waals surface area contributed by atoms with Crippen LogP contribution in [0.1, 0.15) is 25.7 Å². The Morgan fingerprint density at radius 1 is 1.00 bits per heavy atom. The lowest BCUT2D eigenvalue weighted by Gasteiger charge is -2.22. The predicted molar refractivity (Wildman–Crippen MR) is 68.7 cm³/mol. The summed E-state index contributed by atoms with van der Waals surface area (Å²) in [5.41, 5.74) is 0. The normalized spacial score (nSPS) is 21.0. The molecule has 0 heterocycles. The van der Waals surface area contributed by atoms with Gasteiger partial charge in [-0.2, -0.15) is 0 Å². The Morgan fingerprint density at radius 2 is 1.69 bits per heavy atom. The lowest BCUT2D eigenvalue weighted by molar-refractivity contribution is 0.251. The Hall–Kier alpha value is -0.120. The number of nitrogens with zero attached hydrogens (tertiary/aromatic N) is 2. The van der Waals surface area contributed by atoms with Gasteiger partial charge in [-0.15, -0.1) is 0 Å². The van der Waals surface area contributed by atoms with Crippen LogP contribution in [0.4, 0.5) is 0 Å². The maximum atomic E-state index is 3.54. The highest BCUT2D eigenvalue weighted by atomic mass is 15.2. The van der Waals surface area contributed by atoms with Gasteiger partial charge in [0.15, 0.2) is 0 Å². The molecular weight excluding hydrogens is 198 g/mol. The van der Waals surface area contributed by atoms with Crippen molar-refractivity contribution in [3.05, 3.63) is 0 Å². The van der Waals surface area contributed by atoms with Gasteiger partial charge in [-0.25, -0.2) is 0 Å². The van der Waals surface area contributed by atoms with E-state index in [1.165, 1.54) is 38.8 Å². The van der Waals surface area contributed by atoms with Crippen LogP contribution in [0.2, 0.25) is 0 Å². The van der Waals surface area contributed by atoms with Crippen molar-refractivity contribution in [1.82, 2.24) is 15.1 Å². The van der Waals surface area contributed by atoms with E-state index in [9.17, 15) is 0 Å². The van der Waals surface area contributed by atoms with Crippen molar-refractivity contribution in [3.8, 4) is 0 Å². The van der Waals surface area contributed by atoms with Gasteiger partial charge in [-0.1, -0.05) is 0 Å². The molecule has 0 atom stereocenters. The van der Waals surface area contributed by atoms with Gasteiger partial charge in [0.1, 0.15) is 0 Å². The van der Waals surface area contributed by atoms with Crippen molar-refractivity contribution >= 4 is 0 Å². The SMILES string of the molecule is CN(C)CCNCCN(CC1CC1)C1CC1. The minimum absolute atomic E-state index is 0.941. The first-order valence-electron chi connectivity index (χ1n) is 6.85. The zero-order valence-corrected chi connectivity index (χ0v) is 10.9. The molecule has 1 N–H and O–H groups in total. The Labute approximate surface area is 100 Å². The van der Waals surface area contributed by atoms with Crippen molar-refractivity contribution in [2.45, 2.75) is 31.7 Å². The van der Waals surface area contributed by atoms with Crippen LogP contribution in [-0.2, 0) is 0 Å². The summed E-state index contributed by atoms with van der Waals surface area (Å²) in [6, 6.07) is 0.941. The summed E-state index contributed by atoms with van der Waals surface area (Å²) in [7, 11) is 4.26. The van der Waals surface area contributed by atoms with Crippen LogP contribution in [0.5, 0.6) is 0 Å². The Kier molecular flexibility index (Phi) is 4.62. The number of nitrogens with one attached hydrogen (secondary N) is 1. The van der Waals surface area contributed by atoms with Crippen molar-refractivity contribution in [3.63, 3.8) is 0 Å². The van der Waals surface area contributed by atoms with E-state index in [2.05, 4.69) is 29.2 Å². The van der Waals surface area contributed by atoms with Crippen LogP contribution >= 0.6 is 0 Å². The van der Waals surface area contributed by atoms with Crippen molar-refractivity contribution in [2.75, 3.05) is 46.8 Å². The Morgan fingerprint density at radius 3 is 2.25 bits per heavy atom. The lowest BCUT2D eigenvalue weighted by Crippen LogP contribution is -2.37. The lowest BCUT2D eigenvalue weighted by atomic mass is 10.3. The molecule has 2 aliphatic carbocycles. The molecule has 0 aromatic heterocycles. The van der Waals surface area contributed by atoms with Gasteiger partial charge in [0, 0.05) is 38.8 Å². The van der Waals surface area contributed by atoms with Crippen molar-refractivity contribution in [1.29, 1.82) is 0 Å². The van der Waals surface area contributed by atoms with Gasteiger partial charge in [0.25, 0.3) is 0 Å². The van der Waals surface area contributed by atoms with Gasteiger partial charge in [0.2, 0.25) is 0 Å². The van der Waals surface area contributed by atoms with Crippen LogP contribution in [0.25, 0.3) is 0 Å². The molecule has 0 spiro atoms. The summed E-state index contributed by atoms with van der Waals surface area (Å²) in [5, 5.41) is 3.54. The van der Waals surface area contributed by atoms with Gasteiger partial charge in [0.05, 0.1) is 0 Å². The first-order valence-corrected chi connectivity index (χ1v) is 6.85. The molecule has 0 aliphatic heterocycles. The molecule has 2 aliphatic rings. The number of hydrogen-bond acceptors (Lipinski definition) is 3. The molecule has 0 amide bonds. The average molecular weight is 225 g/mol. The fourth-order valence-corrected chi connectivity index (χ4v) is 2.15. The summed E-state index contributed by atoms with van der Waals surface area (Å²) < 4.78 is 0. The largest absolute Gasteiger partial charge is 0.314 e. The summed E-state index contributed by atoms with van der Waals surface area (Å²) in [6.07, 6.45) is 5.86. The highest BCUT2D eigenvalue weighted by Crippen LogP contribution is 2.34. The second-order valence-corrected chi connectivity index (χ2v) is 5.72. The maximum Gasteiger partial charge on any atom is 0.0110 e. The molecule has 0 saturated heterocycles. The van der Waals surface area contributed by atoms with Crippen LogP contribution in [0.3, 0.4) is 0 Å². The molecule has 0 aromatic rings. The Balaban J connectivity index is 1.51. The van der Waals surface area contributed by atoms with E-state index in [0.717, 1.165) is 31.6 Å². The number of likely N-dealkylation sites (N-methyl/N-ethyl adjacent to an activating group) is 1. The molecule has 3 nitrogen and oxygen atoms in total. The van der Waals surface area contributed by atoms with E-state index in [1.54, 1.807) is 0 Å². The highest BCUT2D eigenvalue weighted by Gasteiger charge is 2.32. The fraction of sp³-hybridized carbons (Fsp3) is 1.00. The van der Waals surface area contributed by atoms with E-state index < -0.39 is 0 Å². The first-order chi connectivity index (χ1) is 7.75. The number of rotatable bonds is 9. The summed E-state index contributed by atoms with van der Waals surface area (Å²) in [4.78, 5) is 4.95. The molecule has 2 saturated carbocycles. The van der Waals surface area contributed by atoms with E-state index in [4.69, 9.17) is 0 Å². The van der Waals surface area contributed by atoms with Gasteiger partial charge >= 0.3 is 0 Å². The first kappa shape index (κ1) is 12.3. The topological polar surface area (TPSA) is 18.5 Å². The molecule has 94 valence electrons. The third-order valence-corrected chi connectivity index (χ3v) is 3.56. The van der Waals surface area contributed by atoms with Crippen LogP contribution in [0.15, 0.2) is 0 Å². The van der Waals surface area contributed by atoms with Gasteiger partial charge < -0.3 is 10.2 Å². The molecule has 0 unspecified atom stereocenters. The average Bonchev–Trinajstić information content (AvgIpc) is 3.08. The molecule has 16 heavy (non-hydrogen) atoms. The van der Waals surface area contributed by atoms with E-state index in [1.807, 2.05) is 0 Å². The quantitative estimate of drug-likeness (QED) is 0.591. The molecule has 0 radical (unpaired) electrons. The third-order valence-electron chi connectivity index (χ3n) is 3.56. The van der Waals surface area contributed by atoms with E-state index in [-0.39, 0.29) is 0 Å². The minimum Gasteiger partial charge on any atom is -0.314 e. The van der Waals surface area contributed by atoms with E-state index in [0.29, 0.717) is 0 Å². The Bertz CT molecular complexity index is 197. The van der Waals surface area contributed by atoms with Crippen LogP contribution in [0, 0.1) is 5.92 Å². The summed E-state index contributed by atoms with van der Waals surface area (Å²) >= 11 is 0. The monoisotopic (exact) mass is 225 g/mol. The van der Waals surface area contributed by atoms with Crippen LogP contribution in [-0.4, -0.2) is 62.7 Å². The van der Waals surface area contributed by atoms with Crippen molar-refractivity contribution in [2.24, 2.45) is 5.92 Å². The third kappa shape index (κ3) is 4.81. The smallest absolute Gasteiger partial charge is 0.0110 e. The van der Waals surface area contributed by atoms with Gasteiger partial charge in [-0.3, -0.25) is 4.90 Å². The van der Waals surface area contributed by atoms with E-state index >= 15 is 0 Å². The van der Waals surface area contributed by atoms with Crippen LogP contribution < -0.4 is 5.32 Å². The molecule has 2 rings (SSSR count). The zero-order valence-electron chi connectivity index (χ0n) is 10.9. The molecular formula is C13H27N3.